The van der Waals surface area contributed by atoms with Gasteiger partial charge in [0.2, 0.25) is 11.8 Å². The molecular formula is C17H34N2O2. The average molecular weight is 298 g/mol. The van der Waals surface area contributed by atoms with Crippen molar-refractivity contribution in [2.75, 3.05) is 26.2 Å². The molecule has 0 aliphatic heterocycles. The molecule has 2 amide bonds. The van der Waals surface area contributed by atoms with Crippen molar-refractivity contribution in [1.29, 1.82) is 0 Å². The number of hydrogen-bond donors (Lipinski definition) is 0. The summed E-state index contributed by atoms with van der Waals surface area (Å²) in [4.78, 5) is 29.2. The zero-order chi connectivity index (χ0) is 16.5. The zero-order valence-electron chi connectivity index (χ0n) is 14.9. The molecular weight excluding hydrogens is 264 g/mol. The third-order valence-electron chi connectivity index (χ3n) is 3.62. The summed E-state index contributed by atoms with van der Waals surface area (Å²) in [7, 11) is 0. The molecule has 0 rings (SSSR count). The van der Waals surface area contributed by atoms with E-state index in [-0.39, 0.29) is 11.8 Å². The van der Waals surface area contributed by atoms with Gasteiger partial charge in [0, 0.05) is 26.2 Å². The molecule has 0 radical (unpaired) electrons. The van der Waals surface area contributed by atoms with E-state index in [4.69, 9.17) is 0 Å². The summed E-state index contributed by atoms with van der Waals surface area (Å²) in [5.74, 6) is -0.0678. The van der Waals surface area contributed by atoms with E-state index < -0.39 is 5.41 Å². The molecule has 0 heterocycles. The smallest absolute Gasteiger partial charge is 0.237 e. The van der Waals surface area contributed by atoms with Crippen molar-refractivity contribution >= 4 is 11.8 Å². The van der Waals surface area contributed by atoms with Gasteiger partial charge in [0.1, 0.15) is 5.41 Å². The van der Waals surface area contributed by atoms with Crippen LogP contribution in [0.3, 0.4) is 0 Å². The molecule has 0 spiro atoms. The monoisotopic (exact) mass is 298 g/mol. The van der Waals surface area contributed by atoms with Gasteiger partial charge in [-0.25, -0.2) is 0 Å². The second kappa shape index (κ2) is 9.80. The first kappa shape index (κ1) is 19.9. The Hall–Kier alpha value is -1.06. The Labute approximate surface area is 130 Å². The molecule has 4 nitrogen and oxygen atoms in total. The molecule has 0 aromatic heterocycles. The van der Waals surface area contributed by atoms with Gasteiger partial charge in [-0.2, -0.15) is 0 Å². The van der Waals surface area contributed by atoms with E-state index in [0.717, 1.165) is 51.9 Å². The standard InChI is InChI=1S/C17H34N2O2/c1-7-11-18(12-8-2)15(20)17(5,6)16(21)19(13-9-3)14-10-4/h7-14H2,1-6H3. The molecule has 0 N–H and O–H groups in total. The Morgan fingerprint density at radius 2 is 0.905 bits per heavy atom. The third-order valence-corrected chi connectivity index (χ3v) is 3.62. The lowest BCUT2D eigenvalue weighted by Gasteiger charge is -2.35. The van der Waals surface area contributed by atoms with Crippen molar-refractivity contribution in [2.24, 2.45) is 5.41 Å². The molecule has 0 saturated heterocycles. The van der Waals surface area contributed by atoms with Gasteiger partial charge >= 0.3 is 0 Å². The van der Waals surface area contributed by atoms with Crippen LogP contribution in [0.1, 0.15) is 67.2 Å². The maximum Gasteiger partial charge on any atom is 0.237 e. The lowest BCUT2D eigenvalue weighted by atomic mass is 9.89. The topological polar surface area (TPSA) is 40.6 Å². The Bertz CT molecular complexity index is 285. The minimum Gasteiger partial charge on any atom is -0.342 e. The second-order valence-corrected chi connectivity index (χ2v) is 6.21. The van der Waals surface area contributed by atoms with Gasteiger partial charge in [-0.15, -0.1) is 0 Å². The second-order valence-electron chi connectivity index (χ2n) is 6.21. The van der Waals surface area contributed by atoms with Gasteiger partial charge in [-0.05, 0) is 39.5 Å². The number of nitrogens with zero attached hydrogens (tertiary/aromatic N) is 2. The highest BCUT2D eigenvalue weighted by Crippen LogP contribution is 2.23. The number of carbonyl (C=O) groups excluding carboxylic acids is 2. The molecule has 0 aromatic carbocycles. The van der Waals surface area contributed by atoms with Crippen molar-refractivity contribution in [3.05, 3.63) is 0 Å². The van der Waals surface area contributed by atoms with Gasteiger partial charge in [0.05, 0.1) is 0 Å². The minimum atomic E-state index is -0.964. The first-order valence-corrected chi connectivity index (χ1v) is 8.45. The van der Waals surface area contributed by atoms with E-state index in [1.54, 1.807) is 13.8 Å². The van der Waals surface area contributed by atoms with Crippen LogP contribution in [-0.2, 0) is 9.59 Å². The van der Waals surface area contributed by atoms with Crippen LogP contribution in [0.5, 0.6) is 0 Å². The number of rotatable bonds is 10. The molecule has 4 heteroatoms. The highest BCUT2D eigenvalue weighted by molar-refractivity contribution is 6.04. The predicted octanol–water partition coefficient (Wildman–Crippen LogP) is 3.31. The van der Waals surface area contributed by atoms with Crippen LogP contribution in [0.15, 0.2) is 0 Å². The van der Waals surface area contributed by atoms with Crippen molar-refractivity contribution < 1.29 is 9.59 Å². The summed E-state index contributed by atoms with van der Waals surface area (Å²) >= 11 is 0. The number of hydrogen-bond acceptors (Lipinski definition) is 2. The Kier molecular flexibility index (Phi) is 9.31. The van der Waals surface area contributed by atoms with E-state index in [1.807, 2.05) is 9.80 Å². The maximum absolute atomic E-state index is 12.8. The van der Waals surface area contributed by atoms with Crippen molar-refractivity contribution in [3.8, 4) is 0 Å². The quantitative estimate of drug-likeness (QED) is 0.581. The van der Waals surface area contributed by atoms with Crippen LogP contribution < -0.4 is 0 Å². The summed E-state index contributed by atoms with van der Waals surface area (Å²) in [6.45, 7) is 14.7. The molecule has 0 aromatic rings. The number of carbonyl (C=O) groups is 2. The fourth-order valence-electron chi connectivity index (χ4n) is 2.59. The van der Waals surface area contributed by atoms with E-state index >= 15 is 0 Å². The van der Waals surface area contributed by atoms with Crippen LogP contribution >= 0.6 is 0 Å². The largest absolute Gasteiger partial charge is 0.342 e. The lowest BCUT2D eigenvalue weighted by Crippen LogP contribution is -2.51. The Balaban J connectivity index is 5.11. The molecule has 0 aliphatic rings. The molecule has 124 valence electrons. The summed E-state index contributed by atoms with van der Waals surface area (Å²) in [6, 6.07) is 0. The minimum absolute atomic E-state index is 0.0339. The van der Waals surface area contributed by atoms with Crippen LogP contribution in [-0.4, -0.2) is 47.8 Å². The molecule has 0 saturated carbocycles. The molecule has 0 unspecified atom stereocenters. The molecule has 0 aliphatic carbocycles. The Morgan fingerprint density at radius 3 is 1.10 bits per heavy atom. The summed E-state index contributed by atoms with van der Waals surface area (Å²) in [6.07, 6.45) is 3.68. The zero-order valence-corrected chi connectivity index (χ0v) is 14.9. The highest BCUT2D eigenvalue weighted by atomic mass is 16.2. The van der Waals surface area contributed by atoms with Gasteiger partial charge in [0.15, 0.2) is 0 Å². The molecule has 0 bridgehead atoms. The summed E-state index contributed by atoms with van der Waals surface area (Å²) in [5, 5.41) is 0. The predicted molar refractivity (Wildman–Crippen MR) is 88.1 cm³/mol. The highest BCUT2D eigenvalue weighted by Gasteiger charge is 2.41. The van der Waals surface area contributed by atoms with E-state index in [1.165, 1.54) is 0 Å². The third kappa shape index (κ3) is 5.68. The van der Waals surface area contributed by atoms with Crippen LogP contribution in [0, 0.1) is 5.41 Å². The van der Waals surface area contributed by atoms with Crippen molar-refractivity contribution in [3.63, 3.8) is 0 Å². The van der Waals surface area contributed by atoms with Crippen molar-refractivity contribution in [2.45, 2.75) is 67.2 Å². The van der Waals surface area contributed by atoms with E-state index in [9.17, 15) is 9.59 Å². The fraction of sp³-hybridized carbons (Fsp3) is 0.882. The van der Waals surface area contributed by atoms with E-state index in [0.29, 0.717) is 0 Å². The van der Waals surface area contributed by atoms with Crippen molar-refractivity contribution in [1.82, 2.24) is 9.80 Å². The van der Waals surface area contributed by atoms with Gasteiger partial charge in [-0.3, -0.25) is 9.59 Å². The van der Waals surface area contributed by atoms with E-state index in [2.05, 4.69) is 27.7 Å². The first-order chi connectivity index (χ1) is 9.86. The maximum atomic E-state index is 12.8. The molecule has 21 heavy (non-hydrogen) atoms. The number of amides is 2. The SMILES string of the molecule is CCCN(CCC)C(=O)C(C)(C)C(=O)N(CCC)CCC. The Morgan fingerprint density at radius 1 is 0.667 bits per heavy atom. The average Bonchev–Trinajstić information content (AvgIpc) is 2.45. The first-order valence-electron chi connectivity index (χ1n) is 8.45. The normalized spacial score (nSPS) is 11.3. The molecule has 0 atom stereocenters. The van der Waals surface area contributed by atoms with Gasteiger partial charge in [-0.1, -0.05) is 27.7 Å². The van der Waals surface area contributed by atoms with Crippen LogP contribution in [0.4, 0.5) is 0 Å². The van der Waals surface area contributed by atoms with Crippen LogP contribution in [0.2, 0.25) is 0 Å². The lowest BCUT2D eigenvalue weighted by molar-refractivity contribution is -0.154. The molecule has 0 fully saturated rings. The summed E-state index contributed by atoms with van der Waals surface area (Å²) in [5.41, 5.74) is -0.964. The summed E-state index contributed by atoms with van der Waals surface area (Å²) < 4.78 is 0. The van der Waals surface area contributed by atoms with Gasteiger partial charge < -0.3 is 9.80 Å². The fourth-order valence-corrected chi connectivity index (χ4v) is 2.59. The van der Waals surface area contributed by atoms with Gasteiger partial charge in [0.25, 0.3) is 0 Å². The van der Waals surface area contributed by atoms with Crippen LogP contribution in [0.25, 0.3) is 0 Å².